The van der Waals surface area contributed by atoms with E-state index < -0.39 is 12.0 Å². The number of esters is 1. The zero-order valence-corrected chi connectivity index (χ0v) is 21.4. The van der Waals surface area contributed by atoms with E-state index in [1.54, 1.807) is 37.1 Å². The van der Waals surface area contributed by atoms with E-state index in [1.807, 2.05) is 13.8 Å². The number of piperazine rings is 1. The molecule has 0 aromatic heterocycles. The molecule has 1 fully saturated rings. The average Bonchev–Trinajstić information content (AvgIpc) is 2.77. The van der Waals surface area contributed by atoms with Crippen LogP contribution in [-0.2, 0) is 9.53 Å². The molecule has 0 bridgehead atoms. The van der Waals surface area contributed by atoms with Gasteiger partial charge in [0.15, 0.2) is 0 Å². The molecule has 2 atom stereocenters. The van der Waals surface area contributed by atoms with Crippen LogP contribution in [-0.4, -0.2) is 85.2 Å². The van der Waals surface area contributed by atoms with Gasteiger partial charge in [-0.05, 0) is 38.5 Å². The number of nitrogens with one attached hydrogen (secondary N) is 2. The first-order valence-corrected chi connectivity index (χ1v) is 12.1. The van der Waals surface area contributed by atoms with Crippen LogP contribution in [0.4, 0.5) is 9.59 Å². The van der Waals surface area contributed by atoms with Crippen molar-refractivity contribution in [1.82, 2.24) is 25.3 Å². The van der Waals surface area contributed by atoms with Crippen LogP contribution in [0.1, 0.15) is 32.4 Å². The third-order valence-corrected chi connectivity index (χ3v) is 6.58. The number of ether oxygens (including phenoxy) is 1. The zero-order valence-electron chi connectivity index (χ0n) is 19.9. The van der Waals surface area contributed by atoms with Gasteiger partial charge in [-0.25, -0.2) is 14.4 Å². The number of benzene rings is 1. The minimum atomic E-state index is -0.781. The Balaban J connectivity index is 1.96. The van der Waals surface area contributed by atoms with Crippen molar-refractivity contribution in [3.63, 3.8) is 0 Å². The number of hydrogen-bond acceptors (Lipinski definition) is 5. The summed E-state index contributed by atoms with van der Waals surface area (Å²) in [5, 5.41) is 6.50. The zero-order chi connectivity index (χ0) is 25.0. The third kappa shape index (κ3) is 5.59. The van der Waals surface area contributed by atoms with Gasteiger partial charge < -0.3 is 20.3 Å². The van der Waals surface area contributed by atoms with Gasteiger partial charge in [0.25, 0.3) is 0 Å². The van der Waals surface area contributed by atoms with E-state index in [9.17, 15) is 14.4 Å². The second-order valence-electron chi connectivity index (χ2n) is 8.30. The topological polar surface area (TPSA) is 94.2 Å². The monoisotopic (exact) mass is 511 g/mol. The molecule has 0 aliphatic carbocycles. The van der Waals surface area contributed by atoms with Gasteiger partial charge in [-0.3, -0.25) is 9.80 Å². The fourth-order valence-corrected chi connectivity index (χ4v) is 4.83. The number of hydrogen-bond donors (Lipinski definition) is 2. The van der Waals surface area contributed by atoms with Crippen LogP contribution in [0.2, 0.25) is 10.0 Å². The first-order chi connectivity index (χ1) is 16.2. The van der Waals surface area contributed by atoms with E-state index >= 15 is 0 Å². The predicted molar refractivity (Wildman–Crippen MR) is 131 cm³/mol. The van der Waals surface area contributed by atoms with E-state index in [4.69, 9.17) is 27.9 Å². The minimum Gasteiger partial charge on any atom is -0.463 e. The quantitative estimate of drug-likeness (QED) is 0.571. The van der Waals surface area contributed by atoms with Crippen LogP contribution in [0.15, 0.2) is 29.5 Å². The fraction of sp³-hybridized carbons (Fsp3) is 0.522. The van der Waals surface area contributed by atoms with Gasteiger partial charge in [-0.1, -0.05) is 29.3 Å². The number of halogens is 2. The Labute approximate surface area is 210 Å². The summed E-state index contributed by atoms with van der Waals surface area (Å²) >= 11 is 12.5. The lowest BCUT2D eigenvalue weighted by atomic mass is 9.94. The maximum absolute atomic E-state index is 13.1. The van der Waals surface area contributed by atoms with E-state index in [2.05, 4.69) is 15.5 Å². The van der Waals surface area contributed by atoms with Gasteiger partial charge in [-0.15, -0.1) is 0 Å². The molecule has 1 aromatic rings. The Hall–Kier alpha value is -2.49. The van der Waals surface area contributed by atoms with Crippen LogP contribution in [0.25, 0.3) is 0 Å². The molecule has 9 nitrogen and oxygen atoms in total. The second kappa shape index (κ2) is 11.3. The highest BCUT2D eigenvalue weighted by atomic mass is 35.5. The normalized spacial score (nSPS) is 21.4. The van der Waals surface area contributed by atoms with E-state index in [0.717, 1.165) is 0 Å². The van der Waals surface area contributed by atoms with Crippen molar-refractivity contribution in [2.75, 3.05) is 46.4 Å². The Morgan fingerprint density at radius 3 is 2.59 bits per heavy atom. The first kappa shape index (κ1) is 26.1. The lowest BCUT2D eigenvalue weighted by molar-refractivity contribution is -0.139. The van der Waals surface area contributed by atoms with Crippen molar-refractivity contribution in [3.8, 4) is 0 Å². The standard InChI is InChI=1S/C23H31Cl2N5O4/c1-5-26-22(32)30-10-9-29(12-14(30)3)13-18-19(21(31)34-6-2)20(27-23(33)28(18)4)16-8-7-15(24)11-17(16)25/h7-8,11,14,20H,5-6,9-10,12-13H2,1-4H3,(H,26,32)(H,27,33)/t14-,20+/m0/s1. The molecule has 11 heteroatoms. The molecular formula is C23H31Cl2N5O4. The molecule has 2 N–H and O–H groups in total. The SMILES string of the molecule is CCNC(=O)N1CCN(CC2=C(C(=O)OCC)[C@@H](c3ccc(Cl)cc3Cl)NC(=O)N2C)C[C@@H]1C. The molecule has 2 aliphatic heterocycles. The highest BCUT2D eigenvalue weighted by Crippen LogP contribution is 2.36. The molecule has 0 saturated carbocycles. The summed E-state index contributed by atoms with van der Waals surface area (Å²) in [6.45, 7) is 8.43. The first-order valence-electron chi connectivity index (χ1n) is 11.3. The largest absolute Gasteiger partial charge is 0.463 e. The Bertz CT molecular complexity index is 986. The molecule has 3 rings (SSSR count). The summed E-state index contributed by atoms with van der Waals surface area (Å²) in [4.78, 5) is 43.7. The number of amides is 4. The van der Waals surface area contributed by atoms with Gasteiger partial charge in [-0.2, -0.15) is 0 Å². The number of carbonyl (C=O) groups is 3. The highest BCUT2D eigenvalue weighted by Gasteiger charge is 2.39. The molecule has 34 heavy (non-hydrogen) atoms. The minimum absolute atomic E-state index is 0.0313. The Morgan fingerprint density at radius 2 is 1.97 bits per heavy atom. The van der Waals surface area contributed by atoms with Gasteiger partial charge in [0, 0.05) is 61.6 Å². The summed E-state index contributed by atoms with van der Waals surface area (Å²) in [5.41, 5.74) is 1.42. The number of urea groups is 2. The molecule has 2 aliphatic rings. The maximum Gasteiger partial charge on any atom is 0.338 e. The van der Waals surface area contributed by atoms with Gasteiger partial charge in [0.2, 0.25) is 0 Å². The Kier molecular flexibility index (Phi) is 8.67. The van der Waals surface area contributed by atoms with Crippen molar-refractivity contribution in [2.45, 2.75) is 32.9 Å². The van der Waals surface area contributed by atoms with Crippen molar-refractivity contribution >= 4 is 41.2 Å². The van der Waals surface area contributed by atoms with E-state index in [0.29, 0.717) is 59.6 Å². The third-order valence-electron chi connectivity index (χ3n) is 6.02. The number of carbonyl (C=O) groups excluding carboxylic acids is 3. The van der Waals surface area contributed by atoms with Crippen LogP contribution in [0.3, 0.4) is 0 Å². The second-order valence-corrected chi connectivity index (χ2v) is 9.14. The van der Waals surface area contributed by atoms with Crippen LogP contribution in [0.5, 0.6) is 0 Å². The van der Waals surface area contributed by atoms with Crippen LogP contribution < -0.4 is 10.6 Å². The number of likely N-dealkylation sites (N-methyl/N-ethyl adjacent to an activating group) is 1. The van der Waals surface area contributed by atoms with Crippen molar-refractivity contribution in [2.24, 2.45) is 0 Å². The molecule has 4 amide bonds. The lowest BCUT2D eigenvalue weighted by Crippen LogP contribution is -2.57. The van der Waals surface area contributed by atoms with Crippen molar-refractivity contribution in [3.05, 3.63) is 45.1 Å². The van der Waals surface area contributed by atoms with E-state index in [-0.39, 0.29) is 24.7 Å². The molecule has 0 spiro atoms. The number of nitrogens with zero attached hydrogens (tertiary/aromatic N) is 3. The van der Waals surface area contributed by atoms with Crippen LogP contribution >= 0.6 is 23.2 Å². The molecule has 0 unspecified atom stereocenters. The summed E-state index contributed by atoms with van der Waals surface area (Å²) in [7, 11) is 1.62. The predicted octanol–water partition coefficient (Wildman–Crippen LogP) is 3.24. The average molecular weight is 512 g/mol. The molecule has 1 saturated heterocycles. The highest BCUT2D eigenvalue weighted by molar-refractivity contribution is 6.35. The summed E-state index contributed by atoms with van der Waals surface area (Å²) in [6.07, 6.45) is 0. The molecule has 186 valence electrons. The molecule has 1 aromatic carbocycles. The van der Waals surface area contributed by atoms with Crippen molar-refractivity contribution in [1.29, 1.82) is 0 Å². The fourth-order valence-electron chi connectivity index (χ4n) is 4.31. The smallest absolute Gasteiger partial charge is 0.338 e. The van der Waals surface area contributed by atoms with Crippen molar-refractivity contribution < 1.29 is 19.1 Å². The molecular weight excluding hydrogens is 481 g/mol. The van der Waals surface area contributed by atoms with Gasteiger partial charge in [0.05, 0.1) is 18.2 Å². The number of rotatable bonds is 6. The Morgan fingerprint density at radius 1 is 1.24 bits per heavy atom. The van der Waals surface area contributed by atoms with Crippen LogP contribution in [0, 0.1) is 0 Å². The molecule has 0 radical (unpaired) electrons. The molecule has 2 heterocycles. The maximum atomic E-state index is 13.1. The summed E-state index contributed by atoms with van der Waals surface area (Å²) < 4.78 is 5.37. The summed E-state index contributed by atoms with van der Waals surface area (Å²) in [5.74, 6) is -0.519. The van der Waals surface area contributed by atoms with E-state index in [1.165, 1.54) is 4.90 Å². The van der Waals surface area contributed by atoms with Gasteiger partial charge in [0.1, 0.15) is 0 Å². The summed E-state index contributed by atoms with van der Waals surface area (Å²) in [6, 6.07) is 3.68. The van der Waals surface area contributed by atoms with Gasteiger partial charge >= 0.3 is 18.0 Å². The lowest BCUT2D eigenvalue weighted by Gasteiger charge is -2.42.